The molecule has 0 unspecified atom stereocenters. The van der Waals surface area contributed by atoms with Crippen molar-refractivity contribution in [3.8, 4) is 0 Å². The molecule has 0 radical (unpaired) electrons. The Morgan fingerprint density at radius 3 is 2.81 bits per heavy atom. The lowest BCUT2D eigenvalue weighted by atomic mass is 10.2. The van der Waals surface area contributed by atoms with E-state index in [1.807, 2.05) is 0 Å². The fourth-order valence-electron chi connectivity index (χ4n) is 1.27. The van der Waals surface area contributed by atoms with Crippen LogP contribution in [-0.2, 0) is 0 Å². The SMILES string of the molecule is Cc1occc1C(=O)Nc1ccc(F)nc1. The van der Waals surface area contributed by atoms with E-state index in [0.717, 1.165) is 0 Å². The topological polar surface area (TPSA) is 55.1 Å². The average molecular weight is 220 g/mol. The molecule has 0 saturated heterocycles. The van der Waals surface area contributed by atoms with Gasteiger partial charge in [-0.2, -0.15) is 4.39 Å². The summed E-state index contributed by atoms with van der Waals surface area (Å²) in [5, 5.41) is 2.58. The Morgan fingerprint density at radius 2 is 2.25 bits per heavy atom. The first-order valence-electron chi connectivity index (χ1n) is 4.64. The Hall–Kier alpha value is -2.17. The van der Waals surface area contributed by atoms with E-state index in [4.69, 9.17) is 4.42 Å². The Morgan fingerprint density at radius 1 is 1.44 bits per heavy atom. The minimum atomic E-state index is -0.586. The van der Waals surface area contributed by atoms with E-state index in [0.29, 0.717) is 17.0 Å². The maximum Gasteiger partial charge on any atom is 0.259 e. The number of aromatic nitrogens is 1. The van der Waals surface area contributed by atoms with Gasteiger partial charge in [-0.05, 0) is 25.1 Å². The molecule has 0 aliphatic rings. The number of rotatable bonds is 2. The molecule has 0 aliphatic heterocycles. The van der Waals surface area contributed by atoms with E-state index in [1.54, 1.807) is 13.0 Å². The zero-order valence-electron chi connectivity index (χ0n) is 8.53. The van der Waals surface area contributed by atoms with Crippen LogP contribution in [0.5, 0.6) is 0 Å². The summed E-state index contributed by atoms with van der Waals surface area (Å²) < 4.78 is 17.5. The van der Waals surface area contributed by atoms with Crippen LogP contribution in [0.2, 0.25) is 0 Å². The summed E-state index contributed by atoms with van der Waals surface area (Å²) in [6, 6.07) is 4.19. The lowest BCUT2D eigenvalue weighted by molar-refractivity contribution is 0.102. The number of aryl methyl sites for hydroxylation is 1. The third kappa shape index (κ3) is 2.08. The van der Waals surface area contributed by atoms with E-state index >= 15 is 0 Å². The van der Waals surface area contributed by atoms with Gasteiger partial charge in [0.2, 0.25) is 5.95 Å². The van der Waals surface area contributed by atoms with Crippen LogP contribution in [0, 0.1) is 12.9 Å². The van der Waals surface area contributed by atoms with Crippen LogP contribution >= 0.6 is 0 Å². The maximum absolute atomic E-state index is 12.5. The van der Waals surface area contributed by atoms with Crippen molar-refractivity contribution in [1.29, 1.82) is 0 Å². The molecule has 0 aliphatic carbocycles. The van der Waals surface area contributed by atoms with E-state index < -0.39 is 5.95 Å². The van der Waals surface area contributed by atoms with Crippen molar-refractivity contribution < 1.29 is 13.6 Å². The Kier molecular flexibility index (Phi) is 2.68. The molecule has 1 amide bonds. The van der Waals surface area contributed by atoms with Crippen LogP contribution in [-0.4, -0.2) is 10.9 Å². The molecule has 0 bridgehead atoms. The summed E-state index contributed by atoms with van der Waals surface area (Å²) >= 11 is 0. The molecule has 2 heterocycles. The highest BCUT2D eigenvalue weighted by Gasteiger charge is 2.11. The second-order valence-corrected chi connectivity index (χ2v) is 3.21. The molecule has 0 fully saturated rings. The molecule has 2 aromatic heterocycles. The number of halogens is 1. The monoisotopic (exact) mass is 220 g/mol. The van der Waals surface area contributed by atoms with Gasteiger partial charge in [0.25, 0.3) is 5.91 Å². The number of anilines is 1. The number of amides is 1. The lowest BCUT2D eigenvalue weighted by Gasteiger charge is -2.02. The van der Waals surface area contributed by atoms with Gasteiger partial charge in [-0.15, -0.1) is 0 Å². The van der Waals surface area contributed by atoms with Gasteiger partial charge in [-0.1, -0.05) is 0 Å². The molecule has 4 nitrogen and oxygen atoms in total. The van der Waals surface area contributed by atoms with E-state index in [-0.39, 0.29) is 5.91 Å². The van der Waals surface area contributed by atoms with E-state index in [2.05, 4.69) is 10.3 Å². The van der Waals surface area contributed by atoms with Crippen LogP contribution in [0.1, 0.15) is 16.1 Å². The van der Waals surface area contributed by atoms with Gasteiger partial charge in [-0.25, -0.2) is 4.98 Å². The van der Waals surface area contributed by atoms with Crippen LogP contribution in [0.4, 0.5) is 10.1 Å². The van der Waals surface area contributed by atoms with Crippen LogP contribution in [0.3, 0.4) is 0 Å². The number of furan rings is 1. The molecule has 82 valence electrons. The summed E-state index contributed by atoms with van der Waals surface area (Å²) in [5.74, 6) is -0.357. The van der Waals surface area contributed by atoms with Gasteiger partial charge in [0.1, 0.15) is 5.76 Å². The van der Waals surface area contributed by atoms with Crippen molar-refractivity contribution in [1.82, 2.24) is 4.98 Å². The average Bonchev–Trinajstić information content (AvgIpc) is 2.68. The normalized spacial score (nSPS) is 10.1. The standard InChI is InChI=1S/C11H9FN2O2/c1-7-9(4-5-16-7)11(15)14-8-2-3-10(12)13-6-8/h2-6H,1H3,(H,14,15). The minimum Gasteiger partial charge on any atom is -0.469 e. The molecule has 1 N–H and O–H groups in total. The Labute approximate surface area is 91.1 Å². The van der Waals surface area contributed by atoms with E-state index in [9.17, 15) is 9.18 Å². The number of carbonyl (C=O) groups is 1. The van der Waals surface area contributed by atoms with Crippen molar-refractivity contribution in [3.05, 3.63) is 47.9 Å². The van der Waals surface area contributed by atoms with Crippen molar-refractivity contribution in [2.45, 2.75) is 6.92 Å². The quantitative estimate of drug-likeness (QED) is 0.790. The molecule has 2 aromatic rings. The highest BCUT2D eigenvalue weighted by molar-refractivity contribution is 6.04. The molecule has 16 heavy (non-hydrogen) atoms. The van der Waals surface area contributed by atoms with Crippen molar-refractivity contribution in [3.63, 3.8) is 0 Å². The van der Waals surface area contributed by atoms with Gasteiger partial charge >= 0.3 is 0 Å². The number of nitrogens with one attached hydrogen (secondary N) is 1. The van der Waals surface area contributed by atoms with Crippen LogP contribution in [0.25, 0.3) is 0 Å². The highest BCUT2D eigenvalue weighted by atomic mass is 19.1. The zero-order valence-corrected chi connectivity index (χ0v) is 8.53. The maximum atomic E-state index is 12.5. The van der Waals surface area contributed by atoms with Gasteiger partial charge in [-0.3, -0.25) is 4.79 Å². The number of hydrogen-bond acceptors (Lipinski definition) is 3. The fraction of sp³-hybridized carbons (Fsp3) is 0.0909. The molecular formula is C11H9FN2O2. The lowest BCUT2D eigenvalue weighted by Crippen LogP contribution is -2.12. The number of pyridine rings is 1. The highest BCUT2D eigenvalue weighted by Crippen LogP contribution is 2.12. The predicted octanol–water partition coefficient (Wildman–Crippen LogP) is 2.37. The first kappa shape index (κ1) is 10.4. The molecule has 0 aromatic carbocycles. The smallest absolute Gasteiger partial charge is 0.259 e. The fourth-order valence-corrected chi connectivity index (χ4v) is 1.27. The summed E-state index contributed by atoms with van der Waals surface area (Å²) in [5.41, 5.74) is 0.885. The summed E-state index contributed by atoms with van der Waals surface area (Å²) in [6.45, 7) is 1.69. The Balaban J connectivity index is 2.14. The molecule has 0 atom stereocenters. The third-order valence-corrected chi connectivity index (χ3v) is 2.09. The van der Waals surface area contributed by atoms with Crippen LogP contribution < -0.4 is 5.32 Å². The van der Waals surface area contributed by atoms with Gasteiger partial charge in [0.05, 0.1) is 23.7 Å². The molecule has 0 saturated carbocycles. The molecule has 5 heteroatoms. The molecule has 2 rings (SSSR count). The zero-order chi connectivity index (χ0) is 11.5. The minimum absolute atomic E-state index is 0.306. The first-order chi connectivity index (χ1) is 7.66. The summed E-state index contributed by atoms with van der Waals surface area (Å²) in [6.07, 6.45) is 2.69. The van der Waals surface area contributed by atoms with Crippen LogP contribution in [0.15, 0.2) is 35.1 Å². The summed E-state index contributed by atoms with van der Waals surface area (Å²) in [4.78, 5) is 15.1. The summed E-state index contributed by atoms with van der Waals surface area (Å²) in [7, 11) is 0. The predicted molar refractivity (Wildman–Crippen MR) is 55.6 cm³/mol. The number of carbonyl (C=O) groups excluding carboxylic acids is 1. The molecule has 0 spiro atoms. The number of nitrogens with zero attached hydrogens (tertiary/aromatic N) is 1. The van der Waals surface area contributed by atoms with Gasteiger partial charge in [0, 0.05) is 0 Å². The van der Waals surface area contributed by atoms with Crippen molar-refractivity contribution >= 4 is 11.6 Å². The first-order valence-corrected chi connectivity index (χ1v) is 4.64. The largest absolute Gasteiger partial charge is 0.469 e. The molecular weight excluding hydrogens is 211 g/mol. The number of hydrogen-bond donors (Lipinski definition) is 1. The third-order valence-electron chi connectivity index (χ3n) is 2.09. The van der Waals surface area contributed by atoms with E-state index in [1.165, 1.54) is 24.6 Å². The van der Waals surface area contributed by atoms with Crippen molar-refractivity contribution in [2.24, 2.45) is 0 Å². The van der Waals surface area contributed by atoms with Gasteiger partial charge in [0.15, 0.2) is 0 Å². The Bertz CT molecular complexity index is 505. The second-order valence-electron chi connectivity index (χ2n) is 3.21. The van der Waals surface area contributed by atoms with Crippen molar-refractivity contribution in [2.75, 3.05) is 5.32 Å². The van der Waals surface area contributed by atoms with Gasteiger partial charge < -0.3 is 9.73 Å². The second kappa shape index (κ2) is 4.14.